The van der Waals surface area contributed by atoms with Crippen LogP contribution in [0.15, 0.2) is 55.1 Å². The van der Waals surface area contributed by atoms with E-state index in [4.69, 9.17) is 4.74 Å². The van der Waals surface area contributed by atoms with Gasteiger partial charge in [-0.15, -0.1) is 0 Å². The van der Waals surface area contributed by atoms with Crippen molar-refractivity contribution in [2.24, 2.45) is 0 Å². The largest absolute Gasteiger partial charge is 0.497 e. The first-order chi connectivity index (χ1) is 12.7. The van der Waals surface area contributed by atoms with Crippen molar-refractivity contribution in [2.45, 2.75) is 6.54 Å². The fraction of sp³-hybridized carbons (Fsp3) is 0.118. The second-order valence-electron chi connectivity index (χ2n) is 5.24. The number of anilines is 3. The first-order valence-corrected chi connectivity index (χ1v) is 7.70. The fourth-order valence-corrected chi connectivity index (χ4v) is 2.28. The highest BCUT2D eigenvalue weighted by Gasteiger charge is 2.23. The molecule has 0 aliphatic heterocycles. The lowest BCUT2D eigenvalue weighted by Gasteiger charge is -2.10. The summed E-state index contributed by atoms with van der Waals surface area (Å²) in [6, 6.07) is 10.8. The monoisotopic (exact) mass is 352 g/mol. The van der Waals surface area contributed by atoms with Crippen LogP contribution in [0.1, 0.15) is 5.56 Å². The van der Waals surface area contributed by atoms with Crippen molar-refractivity contribution < 1.29 is 9.66 Å². The van der Waals surface area contributed by atoms with E-state index < -0.39 is 4.92 Å². The Balaban J connectivity index is 1.82. The Morgan fingerprint density at radius 1 is 1.15 bits per heavy atom. The molecule has 0 unspecified atom stereocenters. The van der Waals surface area contributed by atoms with Crippen molar-refractivity contribution in [3.8, 4) is 5.75 Å². The first kappa shape index (κ1) is 17.1. The average molecular weight is 352 g/mol. The Bertz CT molecular complexity index is 887. The van der Waals surface area contributed by atoms with Crippen molar-refractivity contribution in [3.63, 3.8) is 0 Å². The number of aromatic nitrogens is 3. The molecule has 0 saturated heterocycles. The van der Waals surface area contributed by atoms with Crippen molar-refractivity contribution in [1.82, 2.24) is 15.0 Å². The van der Waals surface area contributed by atoms with Gasteiger partial charge in [-0.3, -0.25) is 15.1 Å². The van der Waals surface area contributed by atoms with Gasteiger partial charge in [-0.2, -0.15) is 0 Å². The Morgan fingerprint density at radius 3 is 2.58 bits per heavy atom. The summed E-state index contributed by atoms with van der Waals surface area (Å²) in [6.07, 6.45) is 4.43. The lowest BCUT2D eigenvalue weighted by molar-refractivity contribution is -0.383. The Hall–Kier alpha value is -3.75. The van der Waals surface area contributed by atoms with Gasteiger partial charge in [-0.25, -0.2) is 9.97 Å². The lowest BCUT2D eigenvalue weighted by atomic mass is 10.2. The van der Waals surface area contributed by atoms with E-state index in [9.17, 15) is 10.1 Å². The van der Waals surface area contributed by atoms with Crippen molar-refractivity contribution >= 4 is 23.0 Å². The molecule has 0 amide bonds. The zero-order valence-electron chi connectivity index (χ0n) is 13.9. The number of pyridine rings is 1. The molecule has 0 spiro atoms. The predicted molar refractivity (Wildman–Crippen MR) is 96.5 cm³/mol. The number of benzene rings is 1. The van der Waals surface area contributed by atoms with Gasteiger partial charge in [-0.1, -0.05) is 12.1 Å². The molecule has 0 aliphatic rings. The Kier molecular flexibility index (Phi) is 5.18. The molecule has 9 nitrogen and oxygen atoms in total. The number of ether oxygens (including phenoxy) is 1. The van der Waals surface area contributed by atoms with E-state index in [0.29, 0.717) is 12.2 Å². The molecular weight excluding hydrogens is 336 g/mol. The zero-order valence-corrected chi connectivity index (χ0v) is 13.9. The van der Waals surface area contributed by atoms with Gasteiger partial charge in [0, 0.05) is 12.7 Å². The molecule has 3 rings (SSSR count). The van der Waals surface area contributed by atoms with Gasteiger partial charge in [0.25, 0.3) is 0 Å². The molecule has 0 atom stereocenters. The van der Waals surface area contributed by atoms with Crippen LogP contribution < -0.4 is 15.4 Å². The number of methoxy groups -OCH3 is 1. The third-order valence-electron chi connectivity index (χ3n) is 3.55. The second kappa shape index (κ2) is 7.88. The van der Waals surface area contributed by atoms with Crippen LogP contribution in [0.2, 0.25) is 0 Å². The molecule has 26 heavy (non-hydrogen) atoms. The summed E-state index contributed by atoms with van der Waals surface area (Å²) in [7, 11) is 1.59. The molecule has 2 heterocycles. The van der Waals surface area contributed by atoms with E-state index >= 15 is 0 Å². The van der Waals surface area contributed by atoms with Crippen LogP contribution in [0, 0.1) is 10.1 Å². The highest BCUT2D eigenvalue weighted by Crippen LogP contribution is 2.31. The quantitative estimate of drug-likeness (QED) is 0.492. The second-order valence-corrected chi connectivity index (χ2v) is 5.24. The van der Waals surface area contributed by atoms with E-state index in [2.05, 4.69) is 25.6 Å². The topological polar surface area (TPSA) is 115 Å². The zero-order chi connectivity index (χ0) is 18.4. The van der Waals surface area contributed by atoms with E-state index in [0.717, 1.165) is 11.3 Å². The summed E-state index contributed by atoms with van der Waals surface area (Å²) in [5.74, 6) is 0.965. The molecule has 0 radical (unpaired) electrons. The summed E-state index contributed by atoms with van der Waals surface area (Å²) >= 11 is 0. The third-order valence-corrected chi connectivity index (χ3v) is 3.55. The molecule has 0 fully saturated rings. The van der Waals surface area contributed by atoms with Crippen LogP contribution >= 0.6 is 0 Å². The maximum atomic E-state index is 11.5. The molecule has 3 aromatic rings. The Labute approximate surface area is 149 Å². The molecule has 0 saturated carbocycles. The van der Waals surface area contributed by atoms with E-state index in [-0.39, 0.29) is 17.3 Å². The first-order valence-electron chi connectivity index (χ1n) is 7.70. The minimum Gasteiger partial charge on any atom is -0.497 e. The highest BCUT2D eigenvalue weighted by atomic mass is 16.6. The van der Waals surface area contributed by atoms with Gasteiger partial charge < -0.3 is 15.4 Å². The summed E-state index contributed by atoms with van der Waals surface area (Å²) < 4.78 is 5.11. The molecule has 9 heteroatoms. The summed E-state index contributed by atoms with van der Waals surface area (Å²) in [5, 5.41) is 17.4. The smallest absolute Gasteiger partial charge is 0.353 e. The number of hydrogen-bond acceptors (Lipinski definition) is 8. The maximum Gasteiger partial charge on any atom is 0.353 e. The SMILES string of the molecule is COc1ccc(CNc2ncnc(Nc3cccnc3)c2[N+](=O)[O-])cc1. The van der Waals surface area contributed by atoms with Crippen LogP contribution in [-0.2, 0) is 6.54 Å². The van der Waals surface area contributed by atoms with Gasteiger partial charge in [0.2, 0.25) is 11.6 Å². The number of rotatable bonds is 7. The van der Waals surface area contributed by atoms with Gasteiger partial charge in [0.1, 0.15) is 12.1 Å². The lowest BCUT2D eigenvalue weighted by Crippen LogP contribution is -2.08. The van der Waals surface area contributed by atoms with Crippen molar-refractivity contribution in [2.75, 3.05) is 17.7 Å². The number of hydrogen-bond donors (Lipinski definition) is 2. The molecule has 132 valence electrons. The van der Waals surface area contributed by atoms with Crippen LogP contribution in [0.3, 0.4) is 0 Å². The molecule has 0 aliphatic carbocycles. The molecule has 2 N–H and O–H groups in total. The summed E-state index contributed by atoms with van der Waals surface area (Å²) in [6.45, 7) is 0.369. The third kappa shape index (κ3) is 4.01. The molecule has 1 aromatic carbocycles. The standard InChI is InChI=1S/C17H16N6O3/c1-26-14-6-4-12(5-7-14)9-19-16-15(23(24)25)17(21-11-20-16)22-13-3-2-8-18-10-13/h2-8,10-11H,9H2,1H3,(H2,19,20,21,22). The van der Waals surface area contributed by atoms with E-state index in [1.165, 1.54) is 6.33 Å². The predicted octanol–water partition coefficient (Wildman–Crippen LogP) is 3.14. The van der Waals surface area contributed by atoms with Gasteiger partial charge in [-0.05, 0) is 29.8 Å². The minimum absolute atomic E-state index is 0.0928. The fourth-order valence-electron chi connectivity index (χ4n) is 2.28. The maximum absolute atomic E-state index is 11.5. The van der Waals surface area contributed by atoms with Gasteiger partial charge in [0.05, 0.1) is 23.9 Å². The van der Waals surface area contributed by atoms with Crippen molar-refractivity contribution in [1.29, 1.82) is 0 Å². The molecular formula is C17H16N6O3. The molecule has 2 aromatic heterocycles. The number of nitrogens with one attached hydrogen (secondary N) is 2. The number of nitro groups is 1. The average Bonchev–Trinajstić information content (AvgIpc) is 2.67. The summed E-state index contributed by atoms with van der Waals surface area (Å²) in [5.41, 5.74) is 1.29. The highest BCUT2D eigenvalue weighted by molar-refractivity contribution is 5.73. The minimum atomic E-state index is -0.519. The van der Waals surface area contributed by atoms with E-state index in [1.807, 2.05) is 24.3 Å². The van der Waals surface area contributed by atoms with Crippen LogP contribution in [0.5, 0.6) is 5.75 Å². The normalized spacial score (nSPS) is 10.2. The van der Waals surface area contributed by atoms with Crippen LogP contribution in [0.25, 0.3) is 0 Å². The van der Waals surface area contributed by atoms with Gasteiger partial charge in [0.15, 0.2) is 0 Å². The van der Waals surface area contributed by atoms with Gasteiger partial charge >= 0.3 is 5.69 Å². The Morgan fingerprint density at radius 2 is 1.92 bits per heavy atom. The summed E-state index contributed by atoms with van der Waals surface area (Å²) in [4.78, 5) is 23.0. The van der Waals surface area contributed by atoms with Crippen LogP contribution in [-0.4, -0.2) is 27.0 Å². The van der Waals surface area contributed by atoms with Crippen LogP contribution in [0.4, 0.5) is 23.0 Å². The number of nitrogens with zero attached hydrogens (tertiary/aromatic N) is 4. The van der Waals surface area contributed by atoms with E-state index in [1.54, 1.807) is 31.6 Å². The molecule has 0 bridgehead atoms. The van der Waals surface area contributed by atoms with Crippen molar-refractivity contribution in [3.05, 3.63) is 70.8 Å².